The number of anilines is 1. The molecule has 1 atom stereocenters. The number of amides is 1. The number of carbonyl (C=O) groups excluding carboxylic acids is 1. The molecule has 3 nitrogen and oxygen atoms in total. The van der Waals surface area contributed by atoms with Crippen LogP contribution in [0, 0.1) is 13.8 Å². The Balaban J connectivity index is 1.61. The minimum Gasteiger partial charge on any atom is -0.368 e. The van der Waals surface area contributed by atoms with Gasteiger partial charge >= 0.3 is 0 Å². The lowest BCUT2D eigenvalue weighted by atomic mass is 10.1. The Hall–Kier alpha value is -1.65. The van der Waals surface area contributed by atoms with Crippen LogP contribution in [-0.4, -0.2) is 42.2 Å². The predicted octanol–water partition coefficient (Wildman–Crippen LogP) is 5.18. The molecule has 1 aliphatic heterocycles. The average Bonchev–Trinajstić information content (AvgIpc) is 2.69. The van der Waals surface area contributed by atoms with Crippen LogP contribution in [0.5, 0.6) is 0 Å². The number of carbonyl (C=O) groups is 1. The van der Waals surface area contributed by atoms with Crippen LogP contribution in [0.4, 0.5) is 5.69 Å². The maximum atomic E-state index is 13.0. The first-order chi connectivity index (χ1) is 13.0. The van der Waals surface area contributed by atoms with E-state index in [1.807, 2.05) is 29.2 Å². The van der Waals surface area contributed by atoms with Crippen LogP contribution < -0.4 is 4.90 Å². The molecule has 27 heavy (non-hydrogen) atoms. The summed E-state index contributed by atoms with van der Waals surface area (Å²) in [6.07, 6.45) is 0.823. The van der Waals surface area contributed by atoms with E-state index in [9.17, 15) is 4.79 Å². The molecule has 3 rings (SSSR count). The van der Waals surface area contributed by atoms with E-state index >= 15 is 0 Å². The van der Waals surface area contributed by atoms with Crippen molar-refractivity contribution < 1.29 is 4.79 Å². The zero-order chi connectivity index (χ0) is 19.4. The molecule has 1 fully saturated rings. The van der Waals surface area contributed by atoms with Crippen molar-refractivity contribution in [1.82, 2.24) is 4.90 Å². The van der Waals surface area contributed by atoms with Gasteiger partial charge in [0.1, 0.15) is 0 Å². The highest BCUT2D eigenvalue weighted by molar-refractivity contribution is 8.00. The number of nitrogens with zero attached hydrogens (tertiary/aromatic N) is 2. The number of thioether (sulfide) groups is 1. The molecule has 0 bridgehead atoms. The molecule has 0 aromatic heterocycles. The molecule has 0 aliphatic carbocycles. The Kier molecular flexibility index (Phi) is 6.72. The molecular weight excluding hydrogens is 376 g/mol. The quantitative estimate of drug-likeness (QED) is 0.644. The number of aryl methyl sites for hydroxylation is 1. The Morgan fingerprint density at radius 3 is 2.37 bits per heavy atom. The lowest BCUT2D eigenvalue weighted by Crippen LogP contribution is -2.51. The molecule has 1 unspecified atom stereocenters. The lowest BCUT2D eigenvalue weighted by Gasteiger charge is -2.38. The van der Waals surface area contributed by atoms with Crippen molar-refractivity contribution >= 4 is 35.0 Å². The predicted molar refractivity (Wildman–Crippen MR) is 116 cm³/mol. The number of rotatable bonds is 5. The Labute approximate surface area is 171 Å². The molecule has 2 aromatic carbocycles. The number of halogens is 1. The van der Waals surface area contributed by atoms with Crippen molar-refractivity contribution in [2.45, 2.75) is 37.3 Å². The number of benzene rings is 2. The zero-order valence-electron chi connectivity index (χ0n) is 16.2. The topological polar surface area (TPSA) is 23.6 Å². The highest BCUT2D eigenvalue weighted by Gasteiger charge is 2.27. The molecule has 1 saturated heterocycles. The van der Waals surface area contributed by atoms with Gasteiger partial charge in [0.2, 0.25) is 5.91 Å². The van der Waals surface area contributed by atoms with E-state index in [1.165, 1.54) is 16.8 Å². The summed E-state index contributed by atoms with van der Waals surface area (Å²) in [5, 5.41) is 0.680. The number of hydrogen-bond acceptors (Lipinski definition) is 3. The molecule has 2 aromatic rings. The van der Waals surface area contributed by atoms with Gasteiger partial charge in [0.25, 0.3) is 0 Å². The molecule has 0 saturated carbocycles. The van der Waals surface area contributed by atoms with Gasteiger partial charge in [-0.2, -0.15) is 0 Å². The fraction of sp³-hybridized carbons (Fsp3) is 0.409. The van der Waals surface area contributed by atoms with Crippen molar-refractivity contribution in [3.05, 3.63) is 58.6 Å². The lowest BCUT2D eigenvalue weighted by molar-refractivity contribution is -0.130. The smallest absolute Gasteiger partial charge is 0.236 e. The second-order valence-electron chi connectivity index (χ2n) is 7.00. The standard InChI is InChI=1S/C22H27ClN2OS/c1-4-21(27-19-10-8-18(23)9-11-19)22(26)25-14-12-24(13-15-25)20-7-5-6-16(2)17(20)3/h5-11,21H,4,12-15H2,1-3H3. The first kappa shape index (κ1) is 20.1. The van der Waals surface area contributed by atoms with E-state index in [-0.39, 0.29) is 11.2 Å². The minimum atomic E-state index is -0.0431. The van der Waals surface area contributed by atoms with Gasteiger partial charge in [-0.3, -0.25) is 4.79 Å². The molecule has 1 aliphatic rings. The molecule has 0 spiro atoms. The van der Waals surface area contributed by atoms with Crippen LogP contribution in [0.1, 0.15) is 24.5 Å². The third-order valence-corrected chi connectivity index (χ3v) is 6.86. The Morgan fingerprint density at radius 1 is 1.07 bits per heavy atom. The highest BCUT2D eigenvalue weighted by Crippen LogP contribution is 2.29. The van der Waals surface area contributed by atoms with Crippen molar-refractivity contribution in [1.29, 1.82) is 0 Å². The molecule has 0 radical (unpaired) electrons. The first-order valence-electron chi connectivity index (χ1n) is 9.51. The summed E-state index contributed by atoms with van der Waals surface area (Å²) < 4.78 is 0. The van der Waals surface area contributed by atoms with E-state index in [4.69, 9.17) is 11.6 Å². The zero-order valence-corrected chi connectivity index (χ0v) is 17.8. The van der Waals surface area contributed by atoms with Gasteiger partial charge in [0.15, 0.2) is 0 Å². The maximum Gasteiger partial charge on any atom is 0.236 e. The Bertz CT molecular complexity index is 785. The third kappa shape index (κ3) is 4.80. The Morgan fingerprint density at radius 2 is 1.74 bits per heavy atom. The van der Waals surface area contributed by atoms with Crippen LogP contribution in [0.25, 0.3) is 0 Å². The molecule has 1 heterocycles. The van der Waals surface area contributed by atoms with Crippen molar-refractivity contribution in [2.75, 3.05) is 31.1 Å². The van der Waals surface area contributed by atoms with Gasteiger partial charge in [-0.05, 0) is 61.7 Å². The van der Waals surface area contributed by atoms with E-state index in [2.05, 4.69) is 43.9 Å². The minimum absolute atomic E-state index is 0.0431. The summed E-state index contributed by atoms with van der Waals surface area (Å²) in [6, 6.07) is 14.2. The van der Waals surface area contributed by atoms with Crippen molar-refractivity contribution in [3.63, 3.8) is 0 Å². The monoisotopic (exact) mass is 402 g/mol. The second-order valence-corrected chi connectivity index (χ2v) is 8.71. The largest absolute Gasteiger partial charge is 0.368 e. The fourth-order valence-corrected chi connectivity index (χ4v) is 4.60. The summed E-state index contributed by atoms with van der Waals surface area (Å²) in [4.78, 5) is 18.5. The van der Waals surface area contributed by atoms with E-state index in [0.29, 0.717) is 0 Å². The summed E-state index contributed by atoms with van der Waals surface area (Å²) in [7, 11) is 0. The molecule has 144 valence electrons. The van der Waals surface area contributed by atoms with Gasteiger partial charge in [0, 0.05) is 41.8 Å². The molecule has 5 heteroatoms. The van der Waals surface area contributed by atoms with Crippen LogP contribution in [-0.2, 0) is 4.79 Å². The molecular formula is C22H27ClN2OS. The van der Waals surface area contributed by atoms with Gasteiger partial charge in [0.05, 0.1) is 5.25 Å². The van der Waals surface area contributed by atoms with Gasteiger partial charge in [-0.1, -0.05) is 30.7 Å². The molecule has 1 amide bonds. The maximum absolute atomic E-state index is 13.0. The summed E-state index contributed by atoms with van der Waals surface area (Å²) in [5.41, 5.74) is 3.95. The fourth-order valence-electron chi connectivity index (χ4n) is 3.44. The summed E-state index contributed by atoms with van der Waals surface area (Å²) >= 11 is 7.60. The van der Waals surface area contributed by atoms with Gasteiger partial charge < -0.3 is 9.80 Å². The van der Waals surface area contributed by atoms with Gasteiger partial charge in [-0.15, -0.1) is 11.8 Å². The normalized spacial score (nSPS) is 15.7. The van der Waals surface area contributed by atoms with E-state index < -0.39 is 0 Å². The number of piperazine rings is 1. The second kappa shape index (κ2) is 9.03. The van der Waals surface area contributed by atoms with E-state index in [1.54, 1.807) is 11.8 Å². The first-order valence-corrected chi connectivity index (χ1v) is 10.8. The molecule has 0 N–H and O–H groups in total. The van der Waals surface area contributed by atoms with Crippen LogP contribution >= 0.6 is 23.4 Å². The van der Waals surface area contributed by atoms with Crippen LogP contribution in [0.2, 0.25) is 5.02 Å². The van der Waals surface area contributed by atoms with Gasteiger partial charge in [-0.25, -0.2) is 0 Å². The summed E-state index contributed by atoms with van der Waals surface area (Å²) in [6.45, 7) is 9.75. The van der Waals surface area contributed by atoms with Crippen LogP contribution in [0.15, 0.2) is 47.4 Å². The highest BCUT2D eigenvalue weighted by atomic mass is 35.5. The van der Waals surface area contributed by atoms with Crippen LogP contribution in [0.3, 0.4) is 0 Å². The van der Waals surface area contributed by atoms with Crippen molar-refractivity contribution in [3.8, 4) is 0 Å². The average molecular weight is 403 g/mol. The SMILES string of the molecule is CCC(Sc1ccc(Cl)cc1)C(=O)N1CCN(c2cccc(C)c2C)CC1. The van der Waals surface area contributed by atoms with Crippen molar-refractivity contribution in [2.24, 2.45) is 0 Å². The van der Waals surface area contributed by atoms with E-state index in [0.717, 1.165) is 42.5 Å². The third-order valence-electron chi connectivity index (χ3n) is 5.25. The number of hydrogen-bond donors (Lipinski definition) is 0. The summed E-state index contributed by atoms with van der Waals surface area (Å²) in [5.74, 6) is 0.248.